The minimum absolute atomic E-state index is 0.600. The van der Waals surface area contributed by atoms with Crippen molar-refractivity contribution in [3.8, 4) is 5.75 Å². The minimum Gasteiger partial charge on any atom is -0.494 e. The van der Waals surface area contributed by atoms with Gasteiger partial charge in [-0.05, 0) is 45.6 Å². The molecule has 4 heteroatoms. The van der Waals surface area contributed by atoms with Crippen LogP contribution in [0, 0.1) is 0 Å². The third-order valence-electron chi connectivity index (χ3n) is 3.04. The van der Waals surface area contributed by atoms with Crippen molar-refractivity contribution in [2.45, 2.75) is 19.4 Å². The van der Waals surface area contributed by atoms with Gasteiger partial charge in [0.2, 0.25) is 0 Å². The molecular formula is C13H19NO3. The van der Waals surface area contributed by atoms with Gasteiger partial charge in [-0.1, -0.05) is 12.1 Å². The second kappa shape index (κ2) is 5.19. The Balaban J connectivity index is 3.09. The smallest absolute Gasteiger partial charge is 0.328 e. The second-order valence-corrected chi connectivity index (χ2v) is 4.23. The van der Waals surface area contributed by atoms with Crippen LogP contribution < -0.4 is 4.74 Å². The maximum Gasteiger partial charge on any atom is 0.328 e. The molecule has 1 aromatic carbocycles. The van der Waals surface area contributed by atoms with Gasteiger partial charge < -0.3 is 9.84 Å². The largest absolute Gasteiger partial charge is 0.494 e. The SMILES string of the molecule is CCOc1ccc(C(C)(C(=O)O)N(C)C)cc1. The number of hydrogen-bond donors (Lipinski definition) is 1. The number of carboxylic acids is 1. The molecule has 17 heavy (non-hydrogen) atoms. The number of hydrogen-bond acceptors (Lipinski definition) is 3. The molecule has 0 bridgehead atoms. The standard InChI is InChI=1S/C13H19NO3/c1-5-17-11-8-6-10(7-9-11)13(2,12(15)16)14(3)4/h6-9H,5H2,1-4H3,(H,15,16). The van der Waals surface area contributed by atoms with Crippen molar-refractivity contribution in [3.05, 3.63) is 29.8 Å². The van der Waals surface area contributed by atoms with E-state index < -0.39 is 11.5 Å². The Morgan fingerprint density at radius 1 is 1.35 bits per heavy atom. The molecule has 1 rings (SSSR count). The number of carboxylic acid groups (broad SMARTS) is 1. The first-order valence-electron chi connectivity index (χ1n) is 5.57. The van der Waals surface area contributed by atoms with Gasteiger partial charge in [-0.3, -0.25) is 4.90 Å². The second-order valence-electron chi connectivity index (χ2n) is 4.23. The van der Waals surface area contributed by atoms with Crippen LogP contribution >= 0.6 is 0 Å². The van der Waals surface area contributed by atoms with Crippen LogP contribution in [0.2, 0.25) is 0 Å². The molecule has 0 radical (unpaired) electrons. The van der Waals surface area contributed by atoms with Crippen LogP contribution in [0.3, 0.4) is 0 Å². The molecule has 1 atom stereocenters. The predicted octanol–water partition coefficient (Wildman–Crippen LogP) is 1.95. The van der Waals surface area contributed by atoms with Crippen molar-refractivity contribution in [1.82, 2.24) is 4.90 Å². The van der Waals surface area contributed by atoms with Crippen molar-refractivity contribution in [1.29, 1.82) is 0 Å². The van der Waals surface area contributed by atoms with Crippen LogP contribution in [0.5, 0.6) is 5.75 Å². The average molecular weight is 237 g/mol. The summed E-state index contributed by atoms with van der Waals surface area (Å²) in [6.07, 6.45) is 0. The summed E-state index contributed by atoms with van der Waals surface area (Å²) in [5.74, 6) is -0.116. The molecule has 0 fully saturated rings. The van der Waals surface area contributed by atoms with E-state index in [9.17, 15) is 9.90 Å². The molecule has 0 spiro atoms. The topological polar surface area (TPSA) is 49.8 Å². The Morgan fingerprint density at radius 3 is 2.24 bits per heavy atom. The van der Waals surface area contributed by atoms with Gasteiger partial charge in [-0.25, -0.2) is 4.79 Å². The normalized spacial score (nSPS) is 14.4. The molecule has 0 saturated carbocycles. The molecule has 0 aliphatic heterocycles. The Morgan fingerprint density at radius 2 is 1.88 bits per heavy atom. The minimum atomic E-state index is -1.02. The summed E-state index contributed by atoms with van der Waals surface area (Å²) < 4.78 is 5.33. The van der Waals surface area contributed by atoms with Gasteiger partial charge in [0.25, 0.3) is 0 Å². The molecule has 94 valence electrons. The van der Waals surface area contributed by atoms with Crippen LogP contribution in [0.15, 0.2) is 24.3 Å². The van der Waals surface area contributed by atoms with Crippen LogP contribution in [0.4, 0.5) is 0 Å². The van der Waals surface area contributed by atoms with Crippen molar-refractivity contribution < 1.29 is 14.6 Å². The molecule has 0 aliphatic rings. The number of carbonyl (C=O) groups is 1. The van der Waals surface area contributed by atoms with E-state index in [2.05, 4.69) is 0 Å². The molecule has 0 heterocycles. The highest BCUT2D eigenvalue weighted by molar-refractivity contribution is 5.80. The summed E-state index contributed by atoms with van der Waals surface area (Å²) in [7, 11) is 3.51. The number of ether oxygens (including phenoxy) is 1. The molecule has 1 N–H and O–H groups in total. The Labute approximate surface area is 102 Å². The molecule has 0 saturated heterocycles. The highest BCUT2D eigenvalue weighted by atomic mass is 16.5. The quantitative estimate of drug-likeness (QED) is 0.850. The van der Waals surface area contributed by atoms with Crippen molar-refractivity contribution >= 4 is 5.97 Å². The summed E-state index contributed by atoms with van der Waals surface area (Å²) in [5, 5.41) is 9.36. The third kappa shape index (κ3) is 2.58. The van der Waals surface area contributed by atoms with Crippen molar-refractivity contribution in [3.63, 3.8) is 0 Å². The van der Waals surface area contributed by atoms with Crippen LogP contribution in [-0.2, 0) is 10.3 Å². The van der Waals surface area contributed by atoms with Crippen LogP contribution in [0.25, 0.3) is 0 Å². The summed E-state index contributed by atoms with van der Waals surface area (Å²) in [5.41, 5.74) is -0.288. The van der Waals surface area contributed by atoms with E-state index in [1.807, 2.05) is 6.92 Å². The first kappa shape index (κ1) is 13.5. The lowest BCUT2D eigenvalue weighted by Gasteiger charge is -2.32. The fraction of sp³-hybridized carbons (Fsp3) is 0.462. The van der Waals surface area contributed by atoms with Gasteiger partial charge in [-0.2, -0.15) is 0 Å². The van der Waals surface area contributed by atoms with E-state index in [0.717, 1.165) is 11.3 Å². The van der Waals surface area contributed by atoms with Crippen molar-refractivity contribution in [2.75, 3.05) is 20.7 Å². The number of benzene rings is 1. The predicted molar refractivity (Wildman–Crippen MR) is 66.3 cm³/mol. The molecule has 1 unspecified atom stereocenters. The van der Waals surface area contributed by atoms with Gasteiger partial charge in [0.15, 0.2) is 0 Å². The lowest BCUT2D eigenvalue weighted by molar-refractivity contribution is -0.149. The fourth-order valence-corrected chi connectivity index (χ4v) is 1.62. The molecular weight excluding hydrogens is 218 g/mol. The van der Waals surface area contributed by atoms with Gasteiger partial charge in [-0.15, -0.1) is 0 Å². The fourth-order valence-electron chi connectivity index (χ4n) is 1.62. The monoisotopic (exact) mass is 237 g/mol. The summed E-state index contributed by atoms with van der Waals surface area (Å²) in [6.45, 7) is 4.20. The number of aliphatic carboxylic acids is 1. The van der Waals surface area contributed by atoms with E-state index >= 15 is 0 Å². The zero-order valence-corrected chi connectivity index (χ0v) is 10.7. The van der Waals surface area contributed by atoms with Gasteiger partial charge in [0.05, 0.1) is 6.61 Å². The molecule has 0 aliphatic carbocycles. The highest BCUT2D eigenvalue weighted by Gasteiger charge is 2.37. The Kier molecular flexibility index (Phi) is 4.12. The molecule has 0 aromatic heterocycles. The molecule has 0 amide bonds. The Hall–Kier alpha value is -1.55. The number of likely N-dealkylation sites (N-methyl/N-ethyl adjacent to an activating group) is 1. The zero-order chi connectivity index (χ0) is 13.1. The zero-order valence-electron chi connectivity index (χ0n) is 10.7. The first-order valence-corrected chi connectivity index (χ1v) is 5.57. The number of nitrogens with zero attached hydrogens (tertiary/aromatic N) is 1. The summed E-state index contributed by atoms with van der Waals surface area (Å²) in [4.78, 5) is 13.1. The van der Waals surface area contributed by atoms with E-state index in [-0.39, 0.29) is 0 Å². The maximum atomic E-state index is 11.4. The summed E-state index contributed by atoms with van der Waals surface area (Å²) >= 11 is 0. The molecule has 4 nitrogen and oxygen atoms in total. The maximum absolute atomic E-state index is 11.4. The summed E-state index contributed by atoms with van der Waals surface area (Å²) in [6, 6.07) is 7.17. The lowest BCUT2D eigenvalue weighted by atomic mass is 9.91. The highest BCUT2D eigenvalue weighted by Crippen LogP contribution is 2.28. The third-order valence-corrected chi connectivity index (χ3v) is 3.04. The van der Waals surface area contributed by atoms with E-state index in [4.69, 9.17) is 4.74 Å². The van der Waals surface area contributed by atoms with E-state index in [0.29, 0.717) is 6.61 Å². The van der Waals surface area contributed by atoms with Gasteiger partial charge >= 0.3 is 5.97 Å². The van der Waals surface area contributed by atoms with Crippen LogP contribution in [-0.4, -0.2) is 36.7 Å². The average Bonchev–Trinajstić information content (AvgIpc) is 2.28. The molecule has 1 aromatic rings. The van der Waals surface area contributed by atoms with E-state index in [1.54, 1.807) is 50.2 Å². The van der Waals surface area contributed by atoms with Crippen molar-refractivity contribution in [2.24, 2.45) is 0 Å². The number of rotatable bonds is 5. The van der Waals surface area contributed by atoms with Gasteiger partial charge in [0, 0.05) is 0 Å². The lowest BCUT2D eigenvalue weighted by Crippen LogP contribution is -2.45. The van der Waals surface area contributed by atoms with Crippen LogP contribution in [0.1, 0.15) is 19.4 Å². The van der Waals surface area contributed by atoms with E-state index in [1.165, 1.54) is 0 Å². The first-order chi connectivity index (χ1) is 7.92. The Bertz CT molecular complexity index is 386. The van der Waals surface area contributed by atoms with Gasteiger partial charge in [0.1, 0.15) is 11.3 Å².